The fourth-order valence-corrected chi connectivity index (χ4v) is 1.48. The maximum Gasteiger partial charge on any atom is 0.345 e. The molecule has 0 unspecified atom stereocenters. The molecule has 0 atom stereocenters. The first-order chi connectivity index (χ1) is 8.97. The standard InChI is InChI=1S/C10H8ClN5O3/c1-15-9(16(18)19)4-7(14-15)10(17)13-8-3-2-6(11)5-12-8/h2-5H,1H3,(H,12,13,17). The molecule has 0 fully saturated rings. The number of hydrogen-bond acceptors (Lipinski definition) is 5. The number of pyridine rings is 1. The normalized spacial score (nSPS) is 10.2. The van der Waals surface area contributed by atoms with Crippen LogP contribution in [0, 0.1) is 10.1 Å². The van der Waals surface area contributed by atoms with Gasteiger partial charge < -0.3 is 15.4 Å². The van der Waals surface area contributed by atoms with Crippen molar-refractivity contribution in [2.75, 3.05) is 5.32 Å². The van der Waals surface area contributed by atoms with Crippen LogP contribution in [0.1, 0.15) is 10.5 Å². The molecule has 0 saturated heterocycles. The second-order valence-corrected chi connectivity index (χ2v) is 4.02. The third-order valence-corrected chi connectivity index (χ3v) is 2.47. The Kier molecular flexibility index (Phi) is 3.43. The smallest absolute Gasteiger partial charge is 0.345 e. The second kappa shape index (κ2) is 5.02. The molecule has 2 aromatic rings. The molecule has 0 bridgehead atoms. The molecule has 98 valence electrons. The van der Waals surface area contributed by atoms with Gasteiger partial charge in [0.25, 0.3) is 5.91 Å². The van der Waals surface area contributed by atoms with E-state index in [4.69, 9.17) is 11.6 Å². The van der Waals surface area contributed by atoms with Crippen molar-refractivity contribution in [2.24, 2.45) is 7.05 Å². The number of aromatic nitrogens is 3. The highest BCUT2D eigenvalue weighted by Gasteiger charge is 2.20. The Morgan fingerprint density at radius 2 is 2.26 bits per heavy atom. The number of carbonyl (C=O) groups excluding carboxylic acids is 1. The molecular weight excluding hydrogens is 274 g/mol. The van der Waals surface area contributed by atoms with E-state index in [-0.39, 0.29) is 17.3 Å². The molecule has 0 aliphatic carbocycles. The van der Waals surface area contributed by atoms with Gasteiger partial charge in [0, 0.05) is 6.20 Å². The number of aryl methyl sites for hydroxylation is 1. The largest absolute Gasteiger partial charge is 0.358 e. The van der Waals surface area contributed by atoms with Crippen LogP contribution in [-0.4, -0.2) is 25.6 Å². The minimum Gasteiger partial charge on any atom is -0.358 e. The SMILES string of the molecule is Cn1nc(C(=O)Nc2ccc(Cl)cn2)cc1[N+](=O)[O-]. The van der Waals surface area contributed by atoms with Crippen LogP contribution in [0.3, 0.4) is 0 Å². The summed E-state index contributed by atoms with van der Waals surface area (Å²) in [6.45, 7) is 0. The molecule has 1 amide bonds. The summed E-state index contributed by atoms with van der Waals surface area (Å²) < 4.78 is 1.02. The lowest BCUT2D eigenvalue weighted by molar-refractivity contribution is -0.392. The van der Waals surface area contributed by atoms with Crippen LogP contribution in [0.5, 0.6) is 0 Å². The van der Waals surface area contributed by atoms with E-state index in [0.717, 1.165) is 10.7 Å². The van der Waals surface area contributed by atoms with Crippen LogP contribution in [0.15, 0.2) is 24.4 Å². The number of amides is 1. The predicted octanol–water partition coefficient (Wildman–Crippen LogP) is 1.63. The minimum atomic E-state index is -0.621. The molecular formula is C10H8ClN5O3. The van der Waals surface area contributed by atoms with Crippen LogP contribution in [0.2, 0.25) is 5.02 Å². The van der Waals surface area contributed by atoms with E-state index in [1.54, 1.807) is 6.07 Å². The molecule has 0 radical (unpaired) electrons. The summed E-state index contributed by atoms with van der Waals surface area (Å²) in [5.74, 6) is -0.574. The van der Waals surface area contributed by atoms with Gasteiger partial charge in [-0.15, -0.1) is 4.68 Å². The van der Waals surface area contributed by atoms with Crippen LogP contribution in [0.4, 0.5) is 11.6 Å². The highest BCUT2D eigenvalue weighted by atomic mass is 35.5. The third kappa shape index (κ3) is 2.86. The molecule has 0 aliphatic rings. The van der Waals surface area contributed by atoms with Crippen LogP contribution in [-0.2, 0) is 7.05 Å². The Hall–Kier alpha value is -2.48. The zero-order valence-corrected chi connectivity index (χ0v) is 10.5. The molecule has 0 aromatic carbocycles. The molecule has 9 heteroatoms. The number of halogens is 1. The van der Waals surface area contributed by atoms with Crippen LogP contribution >= 0.6 is 11.6 Å². The van der Waals surface area contributed by atoms with E-state index < -0.39 is 10.8 Å². The van der Waals surface area contributed by atoms with Crippen LogP contribution < -0.4 is 5.32 Å². The summed E-state index contributed by atoms with van der Waals surface area (Å²) in [7, 11) is 1.38. The summed E-state index contributed by atoms with van der Waals surface area (Å²) in [6, 6.07) is 4.16. The topological polar surface area (TPSA) is 103 Å². The van der Waals surface area contributed by atoms with Crippen molar-refractivity contribution in [1.29, 1.82) is 0 Å². The number of nitrogens with one attached hydrogen (secondary N) is 1. The summed E-state index contributed by atoms with van der Waals surface area (Å²) in [4.78, 5) is 25.7. The van der Waals surface area contributed by atoms with Crippen LogP contribution in [0.25, 0.3) is 0 Å². The van der Waals surface area contributed by atoms with Gasteiger partial charge in [-0.3, -0.25) is 4.79 Å². The summed E-state index contributed by atoms with van der Waals surface area (Å²) in [6.07, 6.45) is 1.37. The van der Waals surface area contributed by atoms with E-state index in [0.29, 0.717) is 5.02 Å². The highest BCUT2D eigenvalue weighted by Crippen LogP contribution is 2.14. The average Bonchev–Trinajstić information content (AvgIpc) is 2.74. The Morgan fingerprint density at radius 1 is 1.53 bits per heavy atom. The maximum atomic E-state index is 11.8. The molecule has 2 heterocycles. The fourth-order valence-electron chi connectivity index (χ4n) is 1.37. The van der Waals surface area contributed by atoms with E-state index in [2.05, 4.69) is 15.4 Å². The van der Waals surface area contributed by atoms with Gasteiger partial charge in [-0.2, -0.15) is 0 Å². The third-order valence-electron chi connectivity index (χ3n) is 2.24. The second-order valence-electron chi connectivity index (χ2n) is 3.58. The van der Waals surface area contributed by atoms with Gasteiger partial charge >= 0.3 is 5.82 Å². The summed E-state index contributed by atoms with van der Waals surface area (Å²) >= 11 is 5.66. The zero-order chi connectivity index (χ0) is 14.0. The van der Waals surface area contributed by atoms with Crippen molar-refractivity contribution < 1.29 is 9.72 Å². The summed E-state index contributed by atoms with van der Waals surface area (Å²) in [5, 5.41) is 17.3. The van der Waals surface area contributed by atoms with Crippen molar-refractivity contribution in [3.05, 3.63) is 45.2 Å². The lowest BCUT2D eigenvalue weighted by Crippen LogP contribution is -2.13. The Morgan fingerprint density at radius 3 is 2.79 bits per heavy atom. The van der Waals surface area contributed by atoms with Crippen molar-refractivity contribution >= 4 is 29.1 Å². The number of nitrogens with zero attached hydrogens (tertiary/aromatic N) is 4. The number of rotatable bonds is 3. The van der Waals surface area contributed by atoms with Crippen molar-refractivity contribution in [3.8, 4) is 0 Å². The molecule has 1 N–H and O–H groups in total. The van der Waals surface area contributed by atoms with Gasteiger partial charge in [0.05, 0.1) is 11.1 Å². The molecule has 0 aliphatic heterocycles. The molecule has 2 aromatic heterocycles. The van der Waals surface area contributed by atoms with Gasteiger partial charge in [-0.25, -0.2) is 4.98 Å². The van der Waals surface area contributed by atoms with E-state index >= 15 is 0 Å². The van der Waals surface area contributed by atoms with Gasteiger partial charge in [0.2, 0.25) is 0 Å². The van der Waals surface area contributed by atoms with Gasteiger partial charge in [0.15, 0.2) is 5.69 Å². The Balaban J connectivity index is 2.18. The van der Waals surface area contributed by atoms with Gasteiger partial charge in [-0.05, 0) is 17.1 Å². The molecule has 0 saturated carbocycles. The zero-order valence-electron chi connectivity index (χ0n) is 9.70. The number of hydrogen-bond donors (Lipinski definition) is 1. The first-order valence-corrected chi connectivity index (χ1v) is 5.46. The molecule has 2 rings (SSSR count). The van der Waals surface area contributed by atoms with E-state index in [1.807, 2.05) is 0 Å². The monoisotopic (exact) mass is 281 g/mol. The Bertz CT molecular complexity index is 637. The maximum absolute atomic E-state index is 11.8. The molecule has 8 nitrogen and oxygen atoms in total. The number of anilines is 1. The first-order valence-electron chi connectivity index (χ1n) is 5.08. The number of carbonyl (C=O) groups is 1. The fraction of sp³-hybridized carbons (Fsp3) is 0.100. The first kappa shape index (κ1) is 13.0. The highest BCUT2D eigenvalue weighted by molar-refractivity contribution is 6.30. The van der Waals surface area contributed by atoms with Crippen molar-refractivity contribution in [1.82, 2.24) is 14.8 Å². The van der Waals surface area contributed by atoms with E-state index in [1.165, 1.54) is 19.3 Å². The van der Waals surface area contributed by atoms with Gasteiger partial charge in [0.1, 0.15) is 12.9 Å². The van der Waals surface area contributed by atoms with E-state index in [9.17, 15) is 14.9 Å². The molecule has 19 heavy (non-hydrogen) atoms. The van der Waals surface area contributed by atoms with Crippen molar-refractivity contribution in [3.63, 3.8) is 0 Å². The minimum absolute atomic E-state index is 0.0639. The van der Waals surface area contributed by atoms with Crippen molar-refractivity contribution in [2.45, 2.75) is 0 Å². The average molecular weight is 282 g/mol. The van der Waals surface area contributed by atoms with Gasteiger partial charge in [-0.1, -0.05) is 16.7 Å². The number of nitro groups is 1. The lowest BCUT2D eigenvalue weighted by atomic mass is 10.4. The summed E-state index contributed by atoms with van der Waals surface area (Å²) in [5.41, 5.74) is -0.0639. The quantitative estimate of drug-likeness (QED) is 0.680. The molecule has 0 spiro atoms. The predicted molar refractivity (Wildman–Crippen MR) is 67.1 cm³/mol. The Labute approximate surface area is 112 Å². The lowest BCUT2D eigenvalue weighted by Gasteiger charge is -2.00.